The maximum absolute atomic E-state index is 11.2. The molecule has 0 aliphatic carbocycles. The normalized spacial score (nSPS) is 10.7. The molecule has 1 heterocycles. The topological polar surface area (TPSA) is 42.4 Å². The van der Waals surface area contributed by atoms with E-state index in [1.807, 2.05) is 24.4 Å². The smallest absolute Gasteiger partial charge is 0.150 e. The van der Waals surface area contributed by atoms with Crippen LogP contribution in [0.1, 0.15) is 22.5 Å². The van der Waals surface area contributed by atoms with Crippen LogP contribution in [-0.2, 0) is 6.42 Å². The monoisotopic (exact) mass is 298 g/mol. The zero-order chi connectivity index (χ0) is 15.9. The molecule has 0 atom stereocenters. The largest absolute Gasteiger partial charge is 0.497 e. The third kappa shape index (κ3) is 4.15. The minimum Gasteiger partial charge on any atom is -0.497 e. The van der Waals surface area contributed by atoms with E-state index < -0.39 is 0 Å². The zero-order valence-electron chi connectivity index (χ0n) is 13.4. The number of benzene rings is 1. The molecule has 0 amide bonds. The molecule has 0 aliphatic rings. The van der Waals surface area contributed by atoms with E-state index in [4.69, 9.17) is 4.74 Å². The fourth-order valence-electron chi connectivity index (χ4n) is 2.32. The second kappa shape index (κ2) is 7.71. The molecule has 0 saturated carbocycles. The van der Waals surface area contributed by atoms with E-state index in [2.05, 4.69) is 24.0 Å². The van der Waals surface area contributed by atoms with Gasteiger partial charge < -0.3 is 9.64 Å². The highest BCUT2D eigenvalue weighted by Crippen LogP contribution is 2.26. The van der Waals surface area contributed by atoms with Gasteiger partial charge in [0.05, 0.1) is 7.11 Å². The molecule has 0 fully saturated rings. The van der Waals surface area contributed by atoms with E-state index in [9.17, 15) is 4.79 Å². The van der Waals surface area contributed by atoms with Gasteiger partial charge >= 0.3 is 0 Å². The lowest BCUT2D eigenvalue weighted by Crippen LogP contribution is -2.13. The number of methoxy groups -OCH3 is 1. The van der Waals surface area contributed by atoms with Crippen molar-refractivity contribution in [1.29, 1.82) is 0 Å². The first kappa shape index (κ1) is 16.2. The van der Waals surface area contributed by atoms with Gasteiger partial charge in [0.15, 0.2) is 6.29 Å². The average molecular weight is 298 g/mol. The van der Waals surface area contributed by atoms with Crippen LogP contribution in [0.4, 0.5) is 0 Å². The highest BCUT2D eigenvalue weighted by atomic mass is 16.5. The van der Waals surface area contributed by atoms with Crippen LogP contribution in [0.25, 0.3) is 11.1 Å². The van der Waals surface area contributed by atoms with Crippen molar-refractivity contribution in [3.63, 3.8) is 0 Å². The Hall–Kier alpha value is -2.20. The van der Waals surface area contributed by atoms with Crippen molar-refractivity contribution in [3.05, 3.63) is 47.8 Å². The summed E-state index contributed by atoms with van der Waals surface area (Å²) in [5.74, 6) is 0.732. The van der Waals surface area contributed by atoms with Crippen LogP contribution in [0, 0.1) is 0 Å². The summed E-state index contributed by atoms with van der Waals surface area (Å²) in [6, 6.07) is 9.47. The predicted molar refractivity (Wildman–Crippen MR) is 88.5 cm³/mol. The Morgan fingerprint density at radius 3 is 2.64 bits per heavy atom. The molecule has 0 radical (unpaired) electrons. The maximum atomic E-state index is 11.2. The summed E-state index contributed by atoms with van der Waals surface area (Å²) >= 11 is 0. The summed E-state index contributed by atoms with van der Waals surface area (Å²) < 4.78 is 5.23. The molecular formula is C18H22N2O2. The second-order valence-corrected chi connectivity index (χ2v) is 5.52. The molecule has 2 rings (SSSR count). The molecular weight excluding hydrogens is 276 g/mol. The first-order valence-electron chi connectivity index (χ1n) is 7.37. The number of hydrogen-bond acceptors (Lipinski definition) is 4. The Morgan fingerprint density at radius 1 is 1.23 bits per heavy atom. The molecule has 0 saturated heterocycles. The van der Waals surface area contributed by atoms with Gasteiger partial charge in [0, 0.05) is 23.0 Å². The van der Waals surface area contributed by atoms with Crippen molar-refractivity contribution in [1.82, 2.24) is 9.88 Å². The number of aldehydes is 1. The van der Waals surface area contributed by atoms with Gasteiger partial charge in [-0.25, -0.2) is 0 Å². The molecule has 0 bridgehead atoms. The summed E-state index contributed by atoms with van der Waals surface area (Å²) in [7, 11) is 5.76. The van der Waals surface area contributed by atoms with Gasteiger partial charge in [0.2, 0.25) is 0 Å². The van der Waals surface area contributed by atoms with Gasteiger partial charge in [-0.2, -0.15) is 0 Å². The summed E-state index contributed by atoms with van der Waals surface area (Å²) in [5, 5.41) is 0. The average Bonchev–Trinajstić information content (AvgIpc) is 2.54. The minimum atomic E-state index is 0.642. The number of ether oxygens (including phenoxy) is 1. The van der Waals surface area contributed by atoms with Gasteiger partial charge in [-0.1, -0.05) is 6.07 Å². The van der Waals surface area contributed by atoms with Gasteiger partial charge in [0.25, 0.3) is 0 Å². The summed E-state index contributed by atoms with van der Waals surface area (Å²) in [5.41, 5.74) is 3.49. The van der Waals surface area contributed by atoms with Crippen LogP contribution < -0.4 is 4.74 Å². The molecule has 4 nitrogen and oxygen atoms in total. The third-order valence-corrected chi connectivity index (χ3v) is 3.56. The fraction of sp³-hybridized carbons (Fsp3) is 0.333. The van der Waals surface area contributed by atoms with E-state index in [-0.39, 0.29) is 0 Å². The molecule has 0 unspecified atom stereocenters. The molecule has 0 N–H and O–H groups in total. The summed E-state index contributed by atoms with van der Waals surface area (Å²) in [6.07, 6.45) is 4.72. The van der Waals surface area contributed by atoms with Gasteiger partial charge in [-0.3, -0.25) is 9.78 Å². The van der Waals surface area contributed by atoms with Crippen molar-refractivity contribution in [2.45, 2.75) is 12.8 Å². The highest BCUT2D eigenvalue weighted by molar-refractivity contribution is 5.88. The molecule has 1 aromatic carbocycles. The third-order valence-electron chi connectivity index (χ3n) is 3.56. The molecule has 4 heteroatoms. The number of aryl methyl sites for hydroxylation is 1. The summed E-state index contributed by atoms with van der Waals surface area (Å²) in [4.78, 5) is 17.9. The van der Waals surface area contributed by atoms with Crippen LogP contribution in [0.2, 0.25) is 0 Å². The molecule has 116 valence electrons. The zero-order valence-corrected chi connectivity index (χ0v) is 13.4. The van der Waals surface area contributed by atoms with E-state index in [1.165, 1.54) is 0 Å². The Bertz CT molecular complexity index is 621. The molecule has 2 aromatic rings. The SMILES string of the molecule is COc1ccc(C=O)c(-c2ccc(CCCN(C)C)nc2)c1. The van der Waals surface area contributed by atoms with Gasteiger partial charge in [-0.05, 0) is 63.3 Å². The number of aromatic nitrogens is 1. The maximum Gasteiger partial charge on any atom is 0.150 e. The predicted octanol–water partition coefficient (Wildman–Crippen LogP) is 3.06. The fourth-order valence-corrected chi connectivity index (χ4v) is 2.32. The number of hydrogen-bond donors (Lipinski definition) is 0. The van der Waals surface area contributed by atoms with Gasteiger partial charge in [-0.15, -0.1) is 0 Å². The van der Waals surface area contributed by atoms with Crippen LogP contribution in [0.3, 0.4) is 0 Å². The number of carbonyl (C=O) groups is 1. The molecule has 1 aromatic heterocycles. The van der Waals surface area contributed by atoms with E-state index in [0.29, 0.717) is 5.56 Å². The molecule has 22 heavy (non-hydrogen) atoms. The lowest BCUT2D eigenvalue weighted by Gasteiger charge is -2.10. The lowest BCUT2D eigenvalue weighted by atomic mass is 10.0. The number of rotatable bonds is 7. The molecule has 0 spiro atoms. The Kier molecular flexibility index (Phi) is 5.67. The number of pyridine rings is 1. The van der Waals surface area contributed by atoms with E-state index in [0.717, 1.165) is 48.2 Å². The second-order valence-electron chi connectivity index (χ2n) is 5.52. The Balaban J connectivity index is 2.17. The van der Waals surface area contributed by atoms with Crippen molar-refractivity contribution in [3.8, 4) is 16.9 Å². The van der Waals surface area contributed by atoms with Crippen molar-refractivity contribution < 1.29 is 9.53 Å². The Morgan fingerprint density at radius 2 is 2.05 bits per heavy atom. The van der Waals surface area contributed by atoms with Crippen molar-refractivity contribution in [2.75, 3.05) is 27.7 Å². The first-order valence-corrected chi connectivity index (χ1v) is 7.37. The quantitative estimate of drug-likeness (QED) is 0.737. The van der Waals surface area contributed by atoms with Crippen LogP contribution in [0.5, 0.6) is 5.75 Å². The van der Waals surface area contributed by atoms with Crippen molar-refractivity contribution in [2.24, 2.45) is 0 Å². The lowest BCUT2D eigenvalue weighted by molar-refractivity contribution is 0.112. The Labute approximate surface area is 131 Å². The summed E-state index contributed by atoms with van der Waals surface area (Å²) in [6.45, 7) is 1.05. The van der Waals surface area contributed by atoms with E-state index in [1.54, 1.807) is 19.2 Å². The van der Waals surface area contributed by atoms with Crippen LogP contribution >= 0.6 is 0 Å². The van der Waals surface area contributed by atoms with Gasteiger partial charge in [0.1, 0.15) is 5.75 Å². The standard InChI is InChI=1S/C18H22N2O2/c1-20(2)10-4-5-16-8-6-14(12-19-16)18-11-17(22-3)9-7-15(18)13-21/h6-9,11-13H,4-5,10H2,1-3H3. The first-order chi connectivity index (χ1) is 10.6. The van der Waals surface area contributed by atoms with Crippen LogP contribution in [0.15, 0.2) is 36.5 Å². The number of carbonyl (C=O) groups excluding carboxylic acids is 1. The minimum absolute atomic E-state index is 0.642. The van der Waals surface area contributed by atoms with Crippen molar-refractivity contribution >= 4 is 6.29 Å². The highest BCUT2D eigenvalue weighted by Gasteiger charge is 2.07. The van der Waals surface area contributed by atoms with Crippen LogP contribution in [-0.4, -0.2) is 43.9 Å². The molecule has 0 aliphatic heterocycles. The van der Waals surface area contributed by atoms with E-state index >= 15 is 0 Å². The number of nitrogens with zero attached hydrogens (tertiary/aromatic N) is 2.